The molecular formula is C15H23BrN2O. The predicted molar refractivity (Wildman–Crippen MR) is 82.4 cm³/mol. The van der Waals surface area contributed by atoms with Gasteiger partial charge in [0.05, 0.1) is 4.47 Å². The standard InChI is InChI=1S/C15H23BrN2O/c1-17(2)10-12-5-7-18(8-6-12)11-13-3-4-15(19)14(16)9-13/h3-4,9,12,19H,5-8,10-11H2,1-2H3. The fourth-order valence-electron chi connectivity index (χ4n) is 2.75. The zero-order chi connectivity index (χ0) is 13.8. The highest BCUT2D eigenvalue weighted by molar-refractivity contribution is 9.10. The van der Waals surface area contributed by atoms with Gasteiger partial charge in [0.25, 0.3) is 0 Å². The first-order valence-corrected chi connectivity index (χ1v) is 7.68. The van der Waals surface area contributed by atoms with Gasteiger partial charge in [-0.05, 0) is 79.6 Å². The SMILES string of the molecule is CN(C)CC1CCN(Cc2ccc(O)c(Br)c2)CC1. The van der Waals surface area contributed by atoms with E-state index in [-0.39, 0.29) is 0 Å². The minimum atomic E-state index is 0.313. The van der Waals surface area contributed by atoms with Crippen molar-refractivity contribution in [2.45, 2.75) is 19.4 Å². The molecule has 3 nitrogen and oxygen atoms in total. The van der Waals surface area contributed by atoms with Crippen molar-refractivity contribution >= 4 is 15.9 Å². The third-order valence-corrected chi connectivity index (χ3v) is 4.38. The molecule has 1 aromatic rings. The number of phenols is 1. The maximum absolute atomic E-state index is 9.50. The van der Waals surface area contributed by atoms with E-state index in [9.17, 15) is 5.11 Å². The summed E-state index contributed by atoms with van der Waals surface area (Å²) in [6.07, 6.45) is 2.58. The second kappa shape index (κ2) is 6.73. The molecule has 19 heavy (non-hydrogen) atoms. The summed E-state index contributed by atoms with van der Waals surface area (Å²) in [5.74, 6) is 1.16. The quantitative estimate of drug-likeness (QED) is 0.921. The Hall–Kier alpha value is -0.580. The molecule has 1 aliphatic rings. The van der Waals surface area contributed by atoms with Crippen LogP contribution >= 0.6 is 15.9 Å². The van der Waals surface area contributed by atoms with Crippen LogP contribution in [0.4, 0.5) is 0 Å². The maximum atomic E-state index is 9.50. The molecule has 0 saturated carbocycles. The van der Waals surface area contributed by atoms with Crippen molar-refractivity contribution in [3.8, 4) is 5.75 Å². The zero-order valence-electron chi connectivity index (χ0n) is 11.8. The Bertz CT molecular complexity index is 415. The minimum absolute atomic E-state index is 0.313. The van der Waals surface area contributed by atoms with Crippen LogP contribution in [0.15, 0.2) is 22.7 Å². The number of nitrogens with zero attached hydrogens (tertiary/aromatic N) is 2. The molecular weight excluding hydrogens is 304 g/mol. The number of phenolic OH excluding ortho intramolecular Hbond substituents is 1. The Morgan fingerprint density at radius 2 is 2.00 bits per heavy atom. The van der Waals surface area contributed by atoms with Gasteiger partial charge < -0.3 is 10.0 Å². The number of rotatable bonds is 4. The van der Waals surface area contributed by atoms with E-state index in [1.807, 2.05) is 12.1 Å². The number of halogens is 1. The Morgan fingerprint density at radius 1 is 1.32 bits per heavy atom. The third-order valence-electron chi connectivity index (χ3n) is 3.75. The lowest BCUT2D eigenvalue weighted by molar-refractivity contribution is 0.157. The van der Waals surface area contributed by atoms with E-state index in [0.29, 0.717) is 5.75 Å². The Balaban J connectivity index is 1.83. The predicted octanol–water partition coefficient (Wildman–Crippen LogP) is 2.93. The molecule has 0 bridgehead atoms. The Kier molecular flexibility index (Phi) is 5.25. The van der Waals surface area contributed by atoms with Crippen LogP contribution in [0.5, 0.6) is 5.75 Å². The highest BCUT2D eigenvalue weighted by atomic mass is 79.9. The molecule has 0 aromatic heterocycles. The number of hydrogen-bond donors (Lipinski definition) is 1. The maximum Gasteiger partial charge on any atom is 0.129 e. The van der Waals surface area contributed by atoms with Gasteiger partial charge in [-0.2, -0.15) is 0 Å². The van der Waals surface area contributed by atoms with E-state index in [1.165, 1.54) is 38.0 Å². The van der Waals surface area contributed by atoms with Crippen molar-refractivity contribution in [3.05, 3.63) is 28.2 Å². The van der Waals surface area contributed by atoms with Gasteiger partial charge in [0.2, 0.25) is 0 Å². The van der Waals surface area contributed by atoms with E-state index in [1.54, 1.807) is 6.07 Å². The fraction of sp³-hybridized carbons (Fsp3) is 0.600. The van der Waals surface area contributed by atoms with Crippen molar-refractivity contribution in [1.82, 2.24) is 9.80 Å². The third kappa shape index (κ3) is 4.48. The molecule has 2 rings (SSSR count). The number of benzene rings is 1. The van der Waals surface area contributed by atoms with Crippen LogP contribution in [-0.4, -0.2) is 48.6 Å². The molecule has 1 heterocycles. The topological polar surface area (TPSA) is 26.7 Å². The molecule has 1 saturated heterocycles. The van der Waals surface area contributed by atoms with Crippen LogP contribution < -0.4 is 0 Å². The van der Waals surface area contributed by atoms with Crippen molar-refractivity contribution in [1.29, 1.82) is 0 Å². The lowest BCUT2D eigenvalue weighted by Crippen LogP contribution is -2.36. The summed E-state index contributed by atoms with van der Waals surface area (Å²) in [6.45, 7) is 4.54. The molecule has 0 radical (unpaired) electrons. The van der Waals surface area contributed by atoms with E-state index in [4.69, 9.17) is 0 Å². The number of aromatic hydroxyl groups is 1. The van der Waals surface area contributed by atoms with Gasteiger partial charge in [-0.1, -0.05) is 6.07 Å². The van der Waals surface area contributed by atoms with Crippen LogP contribution in [0, 0.1) is 5.92 Å². The van der Waals surface area contributed by atoms with Gasteiger partial charge in [0, 0.05) is 13.1 Å². The van der Waals surface area contributed by atoms with Gasteiger partial charge in [-0.15, -0.1) is 0 Å². The fourth-order valence-corrected chi connectivity index (χ4v) is 3.18. The number of hydrogen-bond acceptors (Lipinski definition) is 3. The summed E-state index contributed by atoms with van der Waals surface area (Å²) >= 11 is 3.37. The molecule has 4 heteroatoms. The molecule has 1 aliphatic heterocycles. The summed E-state index contributed by atoms with van der Waals surface area (Å²) in [5.41, 5.74) is 1.26. The largest absolute Gasteiger partial charge is 0.507 e. The van der Waals surface area contributed by atoms with E-state index in [0.717, 1.165) is 16.9 Å². The van der Waals surface area contributed by atoms with Crippen molar-refractivity contribution in [3.63, 3.8) is 0 Å². The number of piperidine rings is 1. The summed E-state index contributed by atoms with van der Waals surface area (Å²) < 4.78 is 0.785. The van der Waals surface area contributed by atoms with Gasteiger partial charge in [0.15, 0.2) is 0 Å². The molecule has 0 aliphatic carbocycles. The second-order valence-corrected chi connectivity index (χ2v) is 6.62. The normalized spacial score (nSPS) is 18.1. The van der Waals surface area contributed by atoms with Crippen molar-refractivity contribution in [2.24, 2.45) is 5.92 Å². The molecule has 106 valence electrons. The first-order valence-electron chi connectivity index (χ1n) is 6.89. The van der Waals surface area contributed by atoms with Crippen LogP contribution in [-0.2, 0) is 6.54 Å². The van der Waals surface area contributed by atoms with E-state index >= 15 is 0 Å². The summed E-state index contributed by atoms with van der Waals surface area (Å²) in [6, 6.07) is 5.78. The van der Waals surface area contributed by atoms with Crippen LogP contribution in [0.2, 0.25) is 0 Å². The summed E-state index contributed by atoms with van der Waals surface area (Å²) in [5, 5.41) is 9.50. The zero-order valence-corrected chi connectivity index (χ0v) is 13.4. The Morgan fingerprint density at radius 3 is 2.58 bits per heavy atom. The van der Waals surface area contributed by atoms with Gasteiger partial charge in [-0.25, -0.2) is 0 Å². The molecule has 1 aromatic carbocycles. The first kappa shape index (κ1) is 14.8. The monoisotopic (exact) mass is 326 g/mol. The van der Waals surface area contributed by atoms with E-state index in [2.05, 4.69) is 39.8 Å². The molecule has 0 unspecified atom stereocenters. The molecule has 1 N–H and O–H groups in total. The summed E-state index contributed by atoms with van der Waals surface area (Å²) in [7, 11) is 4.31. The molecule has 1 fully saturated rings. The van der Waals surface area contributed by atoms with Gasteiger partial charge >= 0.3 is 0 Å². The minimum Gasteiger partial charge on any atom is -0.507 e. The second-order valence-electron chi connectivity index (χ2n) is 5.77. The van der Waals surface area contributed by atoms with Crippen molar-refractivity contribution < 1.29 is 5.11 Å². The van der Waals surface area contributed by atoms with E-state index < -0.39 is 0 Å². The number of likely N-dealkylation sites (tertiary alicyclic amines) is 1. The van der Waals surface area contributed by atoms with Crippen molar-refractivity contribution in [2.75, 3.05) is 33.7 Å². The van der Waals surface area contributed by atoms with Gasteiger partial charge in [-0.3, -0.25) is 4.90 Å². The molecule has 0 amide bonds. The highest BCUT2D eigenvalue weighted by Crippen LogP contribution is 2.26. The van der Waals surface area contributed by atoms with Crippen LogP contribution in [0.1, 0.15) is 18.4 Å². The average molecular weight is 327 g/mol. The smallest absolute Gasteiger partial charge is 0.129 e. The first-order chi connectivity index (χ1) is 9.04. The molecule has 0 spiro atoms. The Labute approximate surface area is 124 Å². The van der Waals surface area contributed by atoms with Gasteiger partial charge in [0.1, 0.15) is 5.75 Å². The highest BCUT2D eigenvalue weighted by Gasteiger charge is 2.19. The average Bonchev–Trinajstić information content (AvgIpc) is 2.36. The molecule has 0 atom stereocenters. The van der Waals surface area contributed by atoms with Crippen LogP contribution in [0.3, 0.4) is 0 Å². The van der Waals surface area contributed by atoms with Crippen LogP contribution in [0.25, 0.3) is 0 Å². The lowest BCUT2D eigenvalue weighted by Gasteiger charge is -2.33. The lowest BCUT2D eigenvalue weighted by atomic mass is 9.96. The summed E-state index contributed by atoms with van der Waals surface area (Å²) in [4.78, 5) is 4.79.